The molecule has 3 N–H and O–H groups in total. The Labute approximate surface area is 360 Å². The van der Waals surface area contributed by atoms with E-state index in [4.69, 9.17) is 24.8 Å². The van der Waals surface area contributed by atoms with Crippen LogP contribution in [0.4, 0.5) is 9.93 Å². The van der Waals surface area contributed by atoms with Crippen molar-refractivity contribution < 1.29 is 38.2 Å². The Bertz CT molecular complexity index is 2330. The average Bonchev–Trinajstić information content (AvgIpc) is 3.72. The first-order valence-corrected chi connectivity index (χ1v) is 21.4. The van der Waals surface area contributed by atoms with Gasteiger partial charge in [-0.1, -0.05) is 128 Å². The van der Waals surface area contributed by atoms with Gasteiger partial charge in [-0.3, -0.25) is 19.5 Å². The Hall–Kier alpha value is -6.78. The van der Waals surface area contributed by atoms with Gasteiger partial charge in [-0.05, 0) is 23.6 Å². The van der Waals surface area contributed by atoms with Gasteiger partial charge in [0.25, 0.3) is 11.8 Å². The van der Waals surface area contributed by atoms with Gasteiger partial charge in [-0.2, -0.15) is 0 Å². The number of hydrogen-bond acceptors (Lipinski definition) is 14. The van der Waals surface area contributed by atoms with E-state index in [-0.39, 0.29) is 34.6 Å². The number of rotatable bonds is 16. The number of β-lactam (4-membered cyclic amide) rings is 1. The molecule has 0 radical (unpaired) electrons. The first-order valence-electron chi connectivity index (χ1n) is 19.4. The standard InChI is InChI=1S/C45H42N6O8S2/c1-3-4-25-56-44(55)58-29(2)57-42(54)38-31(23-22-30-15-14-24-47-26-30)27-60-41-37(40(53)51(38)41)49-39(52)36(35-28-61-43(46)48-35)50-59-45(32-16-8-5-9-17-32,33-18-10-6-11-19-33)34-20-12-7-13-21-34/h5-24,26,28-29,37,41H,3-4,25,27H2,1-2H3,(H2,46,48)(H,49,52)/b23-22-,50-36?/t29?,37-,41-/m1/s1. The number of thiazole rings is 1. The molecule has 4 heterocycles. The molecular formula is C45H42N6O8S2. The molecule has 1 unspecified atom stereocenters. The number of fused-ring (bicyclic) bond motifs is 1. The zero-order valence-corrected chi connectivity index (χ0v) is 34.8. The molecule has 2 amide bonds. The Balaban J connectivity index is 1.19. The number of thioether (sulfide) groups is 1. The van der Waals surface area contributed by atoms with Gasteiger partial charge in [0.2, 0.25) is 11.9 Å². The highest BCUT2D eigenvalue weighted by atomic mass is 32.2. The maximum atomic E-state index is 14.4. The molecule has 3 aromatic carbocycles. The van der Waals surface area contributed by atoms with Crippen LogP contribution in [0.3, 0.4) is 0 Å². The van der Waals surface area contributed by atoms with Crippen LogP contribution in [-0.2, 0) is 39.0 Å². The number of nitrogens with zero attached hydrogens (tertiary/aromatic N) is 4. The zero-order chi connectivity index (χ0) is 42.8. The average molecular weight is 859 g/mol. The number of ether oxygens (including phenoxy) is 3. The van der Waals surface area contributed by atoms with E-state index in [9.17, 15) is 19.2 Å². The van der Waals surface area contributed by atoms with Crippen molar-refractivity contribution in [1.29, 1.82) is 0 Å². The third kappa shape index (κ3) is 9.50. The molecule has 7 rings (SSSR count). The molecule has 2 aromatic heterocycles. The van der Waals surface area contributed by atoms with E-state index in [1.807, 2.05) is 104 Å². The summed E-state index contributed by atoms with van der Waals surface area (Å²) in [5.74, 6) is -1.99. The Kier molecular flexibility index (Phi) is 13.6. The van der Waals surface area contributed by atoms with E-state index in [2.05, 4.69) is 20.4 Å². The SMILES string of the molecule is CCCCOC(=O)OC(C)OC(=O)C1=C(/C=C\c2cccnc2)CS[C@@H]2[C@H](NC(=O)C(=NOC(c3ccccc3)(c3ccccc3)c3ccccc3)c3csc(N)n3)C(=O)N12. The van der Waals surface area contributed by atoms with Crippen LogP contribution in [0.1, 0.15) is 54.6 Å². The summed E-state index contributed by atoms with van der Waals surface area (Å²) in [6.07, 6.45) is 5.88. The van der Waals surface area contributed by atoms with Crippen molar-refractivity contribution in [2.45, 2.75) is 50.0 Å². The molecule has 0 aliphatic carbocycles. The third-order valence-corrected chi connectivity index (χ3v) is 11.7. The second-order valence-electron chi connectivity index (χ2n) is 13.8. The maximum absolute atomic E-state index is 14.4. The lowest BCUT2D eigenvalue weighted by atomic mass is 9.80. The topological polar surface area (TPSA) is 185 Å². The number of unbranched alkanes of at least 4 members (excludes halogenated alkanes) is 1. The summed E-state index contributed by atoms with van der Waals surface area (Å²) in [7, 11) is 0. The van der Waals surface area contributed by atoms with Crippen molar-refractivity contribution in [2.75, 3.05) is 18.1 Å². The number of carbonyl (C=O) groups is 4. The van der Waals surface area contributed by atoms with Crippen molar-refractivity contribution in [3.63, 3.8) is 0 Å². The number of nitrogen functional groups attached to an aromatic ring is 1. The Morgan fingerprint density at radius 3 is 2.18 bits per heavy atom. The molecule has 312 valence electrons. The lowest BCUT2D eigenvalue weighted by Gasteiger charge is -2.49. The van der Waals surface area contributed by atoms with Gasteiger partial charge in [0.15, 0.2) is 10.8 Å². The number of nitrogens with two attached hydrogens (primary N) is 1. The molecule has 2 aliphatic heterocycles. The molecule has 1 fully saturated rings. The normalized spacial score (nSPS) is 16.9. The predicted octanol–water partition coefficient (Wildman–Crippen LogP) is 7.04. The van der Waals surface area contributed by atoms with E-state index < -0.39 is 47.2 Å². The fraction of sp³-hybridized carbons (Fsp3) is 0.222. The minimum atomic E-state index is -1.34. The van der Waals surface area contributed by atoms with Gasteiger partial charge in [-0.25, -0.2) is 14.6 Å². The maximum Gasteiger partial charge on any atom is 0.511 e. The lowest BCUT2D eigenvalue weighted by Crippen LogP contribution is -2.71. The highest BCUT2D eigenvalue weighted by Gasteiger charge is 2.55. The smallest absolute Gasteiger partial charge is 0.434 e. The van der Waals surface area contributed by atoms with Crippen molar-refractivity contribution in [3.05, 3.63) is 166 Å². The fourth-order valence-corrected chi connectivity index (χ4v) is 8.60. The summed E-state index contributed by atoms with van der Waals surface area (Å²) in [4.78, 5) is 71.0. The van der Waals surface area contributed by atoms with E-state index >= 15 is 0 Å². The summed E-state index contributed by atoms with van der Waals surface area (Å²) in [6.45, 7) is 3.47. The van der Waals surface area contributed by atoms with E-state index in [0.29, 0.717) is 12.0 Å². The van der Waals surface area contributed by atoms with Crippen LogP contribution in [0.25, 0.3) is 6.08 Å². The van der Waals surface area contributed by atoms with Crippen LogP contribution in [0.15, 0.2) is 143 Å². The number of hydrogen-bond donors (Lipinski definition) is 2. The molecule has 16 heteroatoms. The number of aromatic nitrogens is 2. The monoisotopic (exact) mass is 858 g/mol. The number of nitrogens with one attached hydrogen (secondary N) is 1. The highest BCUT2D eigenvalue weighted by Crippen LogP contribution is 2.43. The van der Waals surface area contributed by atoms with Crippen LogP contribution in [0.2, 0.25) is 0 Å². The quantitative estimate of drug-likeness (QED) is 0.0197. The van der Waals surface area contributed by atoms with E-state index in [1.54, 1.807) is 36.0 Å². The number of amides is 2. The molecule has 3 atom stereocenters. The largest absolute Gasteiger partial charge is 0.511 e. The molecular weight excluding hydrogens is 817 g/mol. The van der Waals surface area contributed by atoms with Gasteiger partial charge < -0.3 is 30.1 Å². The minimum Gasteiger partial charge on any atom is -0.434 e. The van der Waals surface area contributed by atoms with Gasteiger partial charge in [0.05, 0.1) is 6.61 Å². The Morgan fingerprint density at radius 2 is 1.61 bits per heavy atom. The lowest BCUT2D eigenvalue weighted by molar-refractivity contribution is -0.169. The minimum absolute atomic E-state index is 0.0583. The summed E-state index contributed by atoms with van der Waals surface area (Å²) in [6, 6.07) is 31.1. The van der Waals surface area contributed by atoms with Crippen LogP contribution < -0.4 is 11.1 Å². The first kappa shape index (κ1) is 42.3. The molecule has 14 nitrogen and oxygen atoms in total. The zero-order valence-electron chi connectivity index (χ0n) is 33.2. The van der Waals surface area contributed by atoms with Crippen LogP contribution in [0.5, 0.6) is 0 Å². The van der Waals surface area contributed by atoms with Gasteiger partial charge in [-0.15, -0.1) is 23.1 Å². The molecule has 1 saturated heterocycles. The second kappa shape index (κ2) is 19.5. The Morgan fingerprint density at radius 1 is 0.951 bits per heavy atom. The number of esters is 1. The number of allylic oxidation sites excluding steroid dienone is 1. The summed E-state index contributed by atoms with van der Waals surface area (Å²) < 4.78 is 15.7. The number of carbonyl (C=O) groups excluding carboxylic acids is 4. The van der Waals surface area contributed by atoms with Crippen LogP contribution in [0, 0.1) is 0 Å². The molecule has 0 saturated carbocycles. The number of anilines is 1. The fourth-order valence-electron chi connectivity index (χ4n) is 6.73. The molecule has 0 bridgehead atoms. The first-order chi connectivity index (χ1) is 29.7. The molecule has 2 aliphatic rings. The second-order valence-corrected chi connectivity index (χ2v) is 15.8. The summed E-state index contributed by atoms with van der Waals surface area (Å²) in [5.41, 5.74) is 8.03. The van der Waals surface area contributed by atoms with Crippen molar-refractivity contribution in [2.24, 2.45) is 5.16 Å². The van der Waals surface area contributed by atoms with Crippen molar-refractivity contribution in [1.82, 2.24) is 20.2 Å². The van der Waals surface area contributed by atoms with Crippen LogP contribution in [-0.4, -0.2) is 74.6 Å². The molecule has 61 heavy (non-hydrogen) atoms. The summed E-state index contributed by atoms with van der Waals surface area (Å²) >= 11 is 2.45. The molecule has 5 aromatic rings. The number of oxime groups is 1. The summed E-state index contributed by atoms with van der Waals surface area (Å²) in [5, 5.41) is 8.43. The van der Waals surface area contributed by atoms with Gasteiger partial charge in [0, 0.05) is 47.1 Å². The highest BCUT2D eigenvalue weighted by molar-refractivity contribution is 8.00. The van der Waals surface area contributed by atoms with E-state index in [0.717, 1.165) is 40.0 Å². The number of pyridine rings is 1. The van der Waals surface area contributed by atoms with Crippen molar-refractivity contribution in [3.8, 4) is 0 Å². The van der Waals surface area contributed by atoms with Gasteiger partial charge >= 0.3 is 12.1 Å². The molecule has 0 spiro atoms. The van der Waals surface area contributed by atoms with Crippen molar-refractivity contribution >= 4 is 64.0 Å². The van der Waals surface area contributed by atoms with Gasteiger partial charge in [0.1, 0.15) is 22.8 Å². The number of benzene rings is 3. The third-order valence-electron chi connectivity index (χ3n) is 9.69. The predicted molar refractivity (Wildman–Crippen MR) is 232 cm³/mol. The van der Waals surface area contributed by atoms with E-state index in [1.165, 1.54) is 23.6 Å². The van der Waals surface area contributed by atoms with Crippen LogP contribution >= 0.6 is 23.1 Å².